The highest BCUT2D eigenvalue weighted by molar-refractivity contribution is 8.01. The van der Waals surface area contributed by atoms with Gasteiger partial charge in [0.2, 0.25) is 15.2 Å². The van der Waals surface area contributed by atoms with Gasteiger partial charge in [-0.3, -0.25) is 4.79 Å². The van der Waals surface area contributed by atoms with Crippen LogP contribution < -0.4 is 5.32 Å². The molecule has 10 heteroatoms. The summed E-state index contributed by atoms with van der Waals surface area (Å²) >= 11 is 2.70. The van der Waals surface area contributed by atoms with Crippen LogP contribution in [0.3, 0.4) is 0 Å². The molecule has 0 spiro atoms. The smallest absolute Gasteiger partial charge is 0.243 e. The first-order valence-electron chi connectivity index (χ1n) is 7.78. The molecule has 25 heavy (non-hydrogen) atoms. The number of thioether (sulfide) groups is 1. The molecule has 2 heterocycles. The average molecular weight is 399 g/mol. The number of hydrogen-bond donors (Lipinski definition) is 1. The van der Waals surface area contributed by atoms with Crippen molar-refractivity contribution in [2.24, 2.45) is 0 Å². The van der Waals surface area contributed by atoms with E-state index in [-0.39, 0.29) is 16.4 Å². The van der Waals surface area contributed by atoms with Crippen molar-refractivity contribution in [2.45, 2.75) is 22.1 Å². The Balaban J connectivity index is 1.64. The standard InChI is InChI=1S/C15H18N4O3S3/c1-16-14-17-18-15(24-14)23-10-13(20)11-4-6-12(7-5-11)25(21,22)19-8-2-3-9-19/h4-7H,2-3,8-10H2,1H3,(H,16,17). The Morgan fingerprint density at radius 2 is 1.92 bits per heavy atom. The maximum absolute atomic E-state index is 12.5. The van der Waals surface area contributed by atoms with Crippen LogP contribution in [0.4, 0.5) is 5.13 Å². The summed E-state index contributed by atoms with van der Waals surface area (Å²) in [7, 11) is -1.68. The number of carbonyl (C=O) groups excluding carboxylic acids is 1. The number of rotatable bonds is 7. The molecule has 134 valence electrons. The van der Waals surface area contributed by atoms with E-state index in [1.807, 2.05) is 0 Å². The fraction of sp³-hybridized carbons (Fsp3) is 0.400. The minimum atomic E-state index is -3.44. The van der Waals surface area contributed by atoms with E-state index in [0.29, 0.717) is 28.1 Å². The summed E-state index contributed by atoms with van der Waals surface area (Å²) in [5, 5.41) is 11.5. The van der Waals surface area contributed by atoms with Crippen molar-refractivity contribution >= 4 is 44.0 Å². The van der Waals surface area contributed by atoms with Gasteiger partial charge in [-0.15, -0.1) is 10.2 Å². The van der Waals surface area contributed by atoms with Gasteiger partial charge in [-0.2, -0.15) is 4.31 Å². The first-order chi connectivity index (χ1) is 12.0. The summed E-state index contributed by atoms with van der Waals surface area (Å²) in [6, 6.07) is 6.17. The van der Waals surface area contributed by atoms with Crippen LogP contribution in [0.15, 0.2) is 33.5 Å². The minimum absolute atomic E-state index is 0.0728. The number of nitrogens with zero attached hydrogens (tertiary/aromatic N) is 3. The first kappa shape index (κ1) is 18.3. The number of Topliss-reactive ketones (excluding diaryl/α,β-unsaturated/α-hetero) is 1. The predicted octanol–water partition coefficient (Wildman–Crippen LogP) is 2.34. The Kier molecular flexibility index (Phi) is 5.72. The van der Waals surface area contributed by atoms with E-state index in [1.165, 1.54) is 39.5 Å². The highest BCUT2D eigenvalue weighted by Crippen LogP contribution is 2.26. The van der Waals surface area contributed by atoms with Crippen LogP contribution in [0.25, 0.3) is 0 Å². The van der Waals surface area contributed by atoms with E-state index >= 15 is 0 Å². The Morgan fingerprint density at radius 3 is 2.52 bits per heavy atom. The minimum Gasteiger partial charge on any atom is -0.363 e. The van der Waals surface area contributed by atoms with Gasteiger partial charge in [0, 0.05) is 25.7 Å². The number of ketones is 1. The van der Waals surface area contributed by atoms with Gasteiger partial charge >= 0.3 is 0 Å². The third kappa shape index (κ3) is 4.20. The summed E-state index contributed by atoms with van der Waals surface area (Å²) in [4.78, 5) is 12.5. The monoisotopic (exact) mass is 398 g/mol. The number of aromatic nitrogens is 2. The van der Waals surface area contributed by atoms with E-state index in [1.54, 1.807) is 19.2 Å². The molecule has 0 bridgehead atoms. The van der Waals surface area contributed by atoms with E-state index in [4.69, 9.17) is 0 Å². The van der Waals surface area contributed by atoms with Crippen LogP contribution in [-0.4, -0.2) is 54.6 Å². The molecular formula is C15H18N4O3S3. The second kappa shape index (κ2) is 7.81. The van der Waals surface area contributed by atoms with Crippen molar-refractivity contribution in [3.63, 3.8) is 0 Å². The normalized spacial score (nSPS) is 15.4. The number of sulfonamides is 1. The van der Waals surface area contributed by atoms with Crippen molar-refractivity contribution in [2.75, 3.05) is 31.2 Å². The molecule has 1 N–H and O–H groups in total. The fourth-order valence-corrected chi connectivity index (χ4v) is 5.59. The molecule has 0 saturated carbocycles. The second-order valence-electron chi connectivity index (χ2n) is 5.47. The molecular weight excluding hydrogens is 380 g/mol. The van der Waals surface area contributed by atoms with Crippen LogP contribution in [0.1, 0.15) is 23.2 Å². The topological polar surface area (TPSA) is 92.3 Å². The molecule has 1 aromatic carbocycles. The first-order valence-corrected chi connectivity index (χ1v) is 11.0. The molecule has 2 aromatic rings. The number of hydrogen-bond acceptors (Lipinski definition) is 8. The molecule has 0 radical (unpaired) electrons. The predicted molar refractivity (Wildman–Crippen MR) is 98.9 cm³/mol. The maximum atomic E-state index is 12.5. The lowest BCUT2D eigenvalue weighted by molar-refractivity contribution is 0.102. The summed E-state index contributed by atoms with van der Waals surface area (Å²) in [6.45, 7) is 1.13. The average Bonchev–Trinajstić information content (AvgIpc) is 3.31. The van der Waals surface area contributed by atoms with Crippen LogP contribution in [0, 0.1) is 0 Å². The van der Waals surface area contributed by atoms with E-state index < -0.39 is 10.0 Å². The van der Waals surface area contributed by atoms with Crippen molar-refractivity contribution < 1.29 is 13.2 Å². The Bertz CT molecular complexity index is 843. The van der Waals surface area contributed by atoms with Gasteiger partial charge in [0.15, 0.2) is 10.1 Å². The van der Waals surface area contributed by atoms with Crippen LogP contribution in [0.2, 0.25) is 0 Å². The highest BCUT2D eigenvalue weighted by Gasteiger charge is 2.27. The van der Waals surface area contributed by atoms with Gasteiger partial charge in [0.05, 0.1) is 10.6 Å². The highest BCUT2D eigenvalue weighted by atomic mass is 32.2. The molecule has 0 amide bonds. The molecule has 1 aromatic heterocycles. The van der Waals surface area contributed by atoms with Crippen molar-refractivity contribution in [3.05, 3.63) is 29.8 Å². The summed E-state index contributed by atoms with van der Waals surface area (Å²) < 4.78 is 27.2. The van der Waals surface area contributed by atoms with Crippen LogP contribution in [-0.2, 0) is 10.0 Å². The van der Waals surface area contributed by atoms with Gasteiger partial charge < -0.3 is 5.32 Å². The fourth-order valence-electron chi connectivity index (χ4n) is 2.47. The van der Waals surface area contributed by atoms with Crippen LogP contribution in [0.5, 0.6) is 0 Å². The van der Waals surface area contributed by atoms with Gasteiger partial charge in [0.25, 0.3) is 0 Å². The van der Waals surface area contributed by atoms with Gasteiger partial charge in [0.1, 0.15) is 0 Å². The number of anilines is 1. The largest absolute Gasteiger partial charge is 0.363 e. The molecule has 1 aliphatic rings. The summed E-state index contributed by atoms with van der Waals surface area (Å²) in [5.41, 5.74) is 0.492. The number of nitrogens with one attached hydrogen (secondary N) is 1. The molecule has 0 atom stereocenters. The Morgan fingerprint density at radius 1 is 1.24 bits per heavy atom. The lowest BCUT2D eigenvalue weighted by Gasteiger charge is -2.15. The number of carbonyl (C=O) groups is 1. The molecule has 1 aliphatic heterocycles. The molecule has 0 unspecified atom stereocenters. The molecule has 1 fully saturated rings. The summed E-state index contributed by atoms with van der Waals surface area (Å²) in [6.07, 6.45) is 1.79. The van der Waals surface area contributed by atoms with Crippen molar-refractivity contribution in [1.29, 1.82) is 0 Å². The van der Waals surface area contributed by atoms with Crippen LogP contribution >= 0.6 is 23.1 Å². The third-order valence-electron chi connectivity index (χ3n) is 3.83. The van der Waals surface area contributed by atoms with E-state index in [9.17, 15) is 13.2 Å². The van der Waals surface area contributed by atoms with Gasteiger partial charge in [-0.25, -0.2) is 8.42 Å². The van der Waals surface area contributed by atoms with Crippen molar-refractivity contribution in [1.82, 2.24) is 14.5 Å². The Labute approximate surface area is 154 Å². The SMILES string of the molecule is CNc1nnc(SCC(=O)c2ccc(S(=O)(=O)N3CCCC3)cc2)s1. The zero-order chi connectivity index (χ0) is 17.9. The lowest BCUT2D eigenvalue weighted by atomic mass is 10.1. The van der Waals surface area contributed by atoms with E-state index in [0.717, 1.165) is 12.8 Å². The third-order valence-corrected chi connectivity index (χ3v) is 7.81. The molecule has 7 nitrogen and oxygen atoms in total. The molecule has 0 aliphatic carbocycles. The second-order valence-corrected chi connectivity index (χ2v) is 9.61. The van der Waals surface area contributed by atoms with Gasteiger partial charge in [-0.05, 0) is 25.0 Å². The molecule has 1 saturated heterocycles. The zero-order valence-corrected chi connectivity index (χ0v) is 16.1. The molecule has 3 rings (SSSR count). The zero-order valence-electron chi connectivity index (χ0n) is 13.6. The lowest BCUT2D eigenvalue weighted by Crippen LogP contribution is -2.27. The quantitative estimate of drug-likeness (QED) is 0.565. The summed E-state index contributed by atoms with van der Waals surface area (Å²) in [5.74, 6) is 0.160. The van der Waals surface area contributed by atoms with Gasteiger partial charge in [-0.1, -0.05) is 35.2 Å². The number of benzene rings is 1. The Hall–Kier alpha value is -1.49. The van der Waals surface area contributed by atoms with Crippen molar-refractivity contribution in [3.8, 4) is 0 Å². The maximum Gasteiger partial charge on any atom is 0.243 e. The van der Waals surface area contributed by atoms with E-state index in [2.05, 4.69) is 15.5 Å².